The lowest BCUT2D eigenvalue weighted by atomic mass is 9.88. The number of aliphatic carboxylic acids is 1. The van der Waals surface area contributed by atoms with E-state index in [9.17, 15) is 14.4 Å². The van der Waals surface area contributed by atoms with E-state index >= 15 is 0 Å². The van der Waals surface area contributed by atoms with Crippen LogP contribution in [0.4, 0.5) is 5.69 Å². The molecule has 0 aliphatic rings. The van der Waals surface area contributed by atoms with Crippen molar-refractivity contribution in [3.8, 4) is 0 Å². The quantitative estimate of drug-likeness (QED) is 0.0933. The van der Waals surface area contributed by atoms with Crippen molar-refractivity contribution in [3.05, 3.63) is 143 Å². The number of carboxylic acids is 1. The first kappa shape index (κ1) is 31.7. The number of hydrogen-bond acceptors (Lipinski definition) is 4. The van der Waals surface area contributed by atoms with E-state index in [0.29, 0.717) is 5.69 Å². The van der Waals surface area contributed by atoms with Gasteiger partial charge in [0.15, 0.2) is 0 Å². The van der Waals surface area contributed by atoms with Crippen LogP contribution in [-0.2, 0) is 25.7 Å². The van der Waals surface area contributed by atoms with E-state index < -0.39 is 11.9 Å². The molecule has 44 heavy (non-hydrogen) atoms. The number of anilines is 1. The van der Waals surface area contributed by atoms with Crippen LogP contribution < -0.4 is 5.32 Å². The summed E-state index contributed by atoms with van der Waals surface area (Å²) in [6, 6.07) is 36.0. The second kappa shape index (κ2) is 15.8. The number of allylic oxidation sites excluding steroid dienone is 1. The predicted octanol–water partition coefficient (Wildman–Crippen LogP) is 8.25. The van der Waals surface area contributed by atoms with Gasteiger partial charge in [-0.05, 0) is 69.5 Å². The average Bonchev–Trinajstić information content (AvgIpc) is 3.03. The van der Waals surface area contributed by atoms with E-state index in [-0.39, 0.29) is 31.3 Å². The van der Waals surface area contributed by atoms with E-state index in [0.717, 1.165) is 28.7 Å². The van der Waals surface area contributed by atoms with Gasteiger partial charge in [-0.15, -0.1) is 0 Å². The largest absolute Gasteiger partial charge is 0.481 e. The molecule has 1 amide bonds. The van der Waals surface area contributed by atoms with Crippen LogP contribution in [0.25, 0.3) is 17.2 Å². The standard InChI is InChI=1S/C38H37NO5/c1-3-34(30-10-6-4-7-11-30)38(31-12-8-5-9-13-31)32-19-14-28(15-20-32)18-23-37(43)44-26-29-16-21-33(22-17-29)39-35(40)24-27(2)25-36(41)42/h4-23,27H,3,24-26H2,1-2H3,(H,39,40)(H,41,42). The molecule has 224 valence electrons. The topological polar surface area (TPSA) is 92.7 Å². The number of hydrogen-bond donors (Lipinski definition) is 2. The maximum absolute atomic E-state index is 12.4. The highest BCUT2D eigenvalue weighted by atomic mass is 16.5. The lowest BCUT2D eigenvalue weighted by Gasteiger charge is -2.16. The molecule has 6 heteroatoms. The fourth-order valence-electron chi connectivity index (χ4n) is 5.00. The Morgan fingerprint density at radius 3 is 1.95 bits per heavy atom. The van der Waals surface area contributed by atoms with Gasteiger partial charge >= 0.3 is 11.9 Å². The van der Waals surface area contributed by atoms with Crippen molar-refractivity contribution < 1.29 is 24.2 Å². The van der Waals surface area contributed by atoms with Crippen LogP contribution in [0.3, 0.4) is 0 Å². The van der Waals surface area contributed by atoms with Gasteiger partial charge in [0.05, 0.1) is 0 Å². The first-order valence-electron chi connectivity index (χ1n) is 14.7. The Hall–Kier alpha value is -5.23. The molecule has 1 unspecified atom stereocenters. The fourth-order valence-corrected chi connectivity index (χ4v) is 5.00. The van der Waals surface area contributed by atoms with Crippen LogP contribution in [0.15, 0.2) is 115 Å². The van der Waals surface area contributed by atoms with E-state index in [2.05, 4.69) is 72.9 Å². The summed E-state index contributed by atoms with van der Waals surface area (Å²) in [4.78, 5) is 35.3. The first-order valence-corrected chi connectivity index (χ1v) is 14.7. The van der Waals surface area contributed by atoms with Crippen molar-refractivity contribution in [2.45, 2.75) is 39.7 Å². The summed E-state index contributed by atoms with van der Waals surface area (Å²) >= 11 is 0. The SMILES string of the molecule is CCC(=C(c1ccccc1)c1ccc(C=CC(=O)OCc2ccc(NC(=O)CC(C)CC(=O)O)cc2)cc1)c1ccccc1. The highest BCUT2D eigenvalue weighted by Gasteiger charge is 2.14. The fraction of sp³-hybridized carbons (Fsp3) is 0.184. The summed E-state index contributed by atoms with van der Waals surface area (Å²) in [5.74, 6) is -1.88. The van der Waals surface area contributed by atoms with Crippen molar-refractivity contribution in [2.24, 2.45) is 5.92 Å². The maximum Gasteiger partial charge on any atom is 0.331 e. The monoisotopic (exact) mass is 587 g/mol. The number of carbonyl (C=O) groups is 3. The Bertz CT molecular complexity index is 1610. The molecule has 0 aromatic heterocycles. The Kier molecular flexibility index (Phi) is 11.4. The smallest absolute Gasteiger partial charge is 0.331 e. The molecule has 0 spiro atoms. The highest BCUT2D eigenvalue weighted by Crippen LogP contribution is 2.34. The van der Waals surface area contributed by atoms with Crippen molar-refractivity contribution in [2.75, 3.05) is 5.32 Å². The summed E-state index contributed by atoms with van der Waals surface area (Å²) in [7, 11) is 0. The van der Waals surface area contributed by atoms with Crippen LogP contribution in [0.5, 0.6) is 0 Å². The van der Waals surface area contributed by atoms with Crippen molar-refractivity contribution in [1.29, 1.82) is 0 Å². The van der Waals surface area contributed by atoms with Gasteiger partial charge in [-0.3, -0.25) is 9.59 Å². The van der Waals surface area contributed by atoms with Crippen molar-refractivity contribution in [3.63, 3.8) is 0 Å². The van der Waals surface area contributed by atoms with Crippen LogP contribution in [0, 0.1) is 5.92 Å². The normalized spacial score (nSPS) is 12.3. The number of esters is 1. The zero-order chi connectivity index (χ0) is 31.3. The van der Waals surface area contributed by atoms with Crippen LogP contribution in [0.2, 0.25) is 0 Å². The van der Waals surface area contributed by atoms with Crippen LogP contribution >= 0.6 is 0 Å². The third kappa shape index (κ3) is 9.39. The third-order valence-corrected chi connectivity index (χ3v) is 7.13. The Labute approximate surface area is 258 Å². The number of nitrogens with one attached hydrogen (secondary N) is 1. The van der Waals surface area contributed by atoms with Gasteiger partial charge in [0.1, 0.15) is 6.61 Å². The lowest BCUT2D eigenvalue weighted by Crippen LogP contribution is -2.16. The molecule has 0 fully saturated rings. The minimum atomic E-state index is -0.924. The number of ether oxygens (including phenoxy) is 1. The Balaban J connectivity index is 1.36. The summed E-state index contributed by atoms with van der Waals surface area (Å²) < 4.78 is 5.40. The molecule has 6 nitrogen and oxygen atoms in total. The zero-order valence-electron chi connectivity index (χ0n) is 25.0. The molecule has 2 N–H and O–H groups in total. The molecule has 0 bridgehead atoms. The summed E-state index contributed by atoms with van der Waals surface area (Å²) in [6.07, 6.45) is 4.10. The van der Waals surface area contributed by atoms with Crippen molar-refractivity contribution in [1.82, 2.24) is 0 Å². The minimum absolute atomic E-state index is 0.0570. The molecule has 4 rings (SSSR count). The Morgan fingerprint density at radius 2 is 1.36 bits per heavy atom. The molecule has 4 aromatic rings. The zero-order valence-corrected chi connectivity index (χ0v) is 25.0. The second-order valence-corrected chi connectivity index (χ2v) is 10.7. The number of benzene rings is 4. The van der Waals surface area contributed by atoms with E-state index in [4.69, 9.17) is 9.84 Å². The molecule has 0 saturated heterocycles. The molecule has 0 radical (unpaired) electrons. The number of carboxylic acid groups (broad SMARTS) is 1. The van der Waals surface area contributed by atoms with E-state index in [1.54, 1.807) is 37.3 Å². The van der Waals surface area contributed by atoms with Crippen LogP contribution in [0.1, 0.15) is 60.9 Å². The molecule has 0 aliphatic heterocycles. The molecule has 0 aliphatic carbocycles. The molecular formula is C38H37NO5. The maximum atomic E-state index is 12.4. The molecule has 4 aromatic carbocycles. The third-order valence-electron chi connectivity index (χ3n) is 7.13. The first-order chi connectivity index (χ1) is 21.3. The van der Waals surface area contributed by atoms with E-state index in [1.165, 1.54) is 22.8 Å². The minimum Gasteiger partial charge on any atom is -0.481 e. The van der Waals surface area contributed by atoms with Gasteiger partial charge < -0.3 is 15.2 Å². The number of rotatable bonds is 13. The van der Waals surface area contributed by atoms with Gasteiger partial charge in [0.2, 0.25) is 5.91 Å². The molecule has 0 saturated carbocycles. The van der Waals surface area contributed by atoms with Gasteiger partial charge in [0, 0.05) is 24.6 Å². The highest BCUT2D eigenvalue weighted by molar-refractivity contribution is 5.98. The van der Waals surface area contributed by atoms with Gasteiger partial charge in [-0.2, -0.15) is 0 Å². The molecule has 1 atom stereocenters. The average molecular weight is 588 g/mol. The Morgan fingerprint density at radius 1 is 0.773 bits per heavy atom. The number of amides is 1. The van der Waals surface area contributed by atoms with Crippen molar-refractivity contribution >= 4 is 40.8 Å². The van der Waals surface area contributed by atoms with Gasteiger partial charge in [0.25, 0.3) is 0 Å². The van der Waals surface area contributed by atoms with Gasteiger partial charge in [-0.1, -0.05) is 111 Å². The van der Waals surface area contributed by atoms with E-state index in [1.807, 2.05) is 24.3 Å². The summed E-state index contributed by atoms with van der Waals surface area (Å²) in [6.45, 7) is 3.99. The predicted molar refractivity (Wildman–Crippen MR) is 175 cm³/mol. The molecular weight excluding hydrogens is 550 g/mol. The number of carbonyl (C=O) groups excluding carboxylic acids is 2. The lowest BCUT2D eigenvalue weighted by molar-refractivity contribution is -0.139. The second-order valence-electron chi connectivity index (χ2n) is 10.7. The molecule has 0 heterocycles. The summed E-state index contributed by atoms with van der Waals surface area (Å²) in [5, 5.41) is 11.6. The van der Waals surface area contributed by atoms with Gasteiger partial charge in [-0.25, -0.2) is 4.79 Å². The summed E-state index contributed by atoms with van der Waals surface area (Å²) in [5.41, 5.74) is 8.16. The van der Waals surface area contributed by atoms with Crippen LogP contribution in [-0.4, -0.2) is 23.0 Å².